The van der Waals surface area contributed by atoms with Crippen molar-refractivity contribution >= 4 is 15.9 Å². The second kappa shape index (κ2) is 4.77. The molecule has 4 heteroatoms. The van der Waals surface area contributed by atoms with Crippen molar-refractivity contribution in [2.24, 2.45) is 11.5 Å². The third-order valence-electron chi connectivity index (χ3n) is 2.12. The molecule has 0 saturated heterocycles. The lowest BCUT2D eigenvalue weighted by Gasteiger charge is -2.19. The molecular weight excluding hydrogens is 244 g/mol. The molecule has 0 saturated carbocycles. The first kappa shape index (κ1) is 11.5. The highest BCUT2D eigenvalue weighted by molar-refractivity contribution is 9.10. The molecule has 0 bridgehead atoms. The van der Waals surface area contributed by atoms with Crippen molar-refractivity contribution < 1.29 is 4.74 Å². The average molecular weight is 259 g/mol. The Bertz CT molecular complexity index is 315. The van der Waals surface area contributed by atoms with Gasteiger partial charge in [0.15, 0.2) is 0 Å². The fraction of sp³-hybridized carbons (Fsp3) is 0.400. The fourth-order valence-corrected chi connectivity index (χ4v) is 1.63. The van der Waals surface area contributed by atoms with Crippen LogP contribution in [0.3, 0.4) is 0 Å². The smallest absolute Gasteiger partial charge is 0.123 e. The zero-order chi connectivity index (χ0) is 10.7. The van der Waals surface area contributed by atoms with Crippen molar-refractivity contribution in [1.29, 1.82) is 0 Å². The minimum Gasteiger partial charge on any atom is -0.496 e. The molecule has 0 fully saturated rings. The van der Waals surface area contributed by atoms with Gasteiger partial charge >= 0.3 is 0 Å². The first-order chi connectivity index (χ1) is 6.56. The molecule has 0 aliphatic heterocycles. The van der Waals surface area contributed by atoms with Crippen molar-refractivity contribution in [2.75, 3.05) is 7.11 Å². The second-order valence-electron chi connectivity index (χ2n) is 3.27. The third-order valence-corrected chi connectivity index (χ3v) is 2.61. The van der Waals surface area contributed by atoms with Crippen LogP contribution < -0.4 is 16.2 Å². The van der Waals surface area contributed by atoms with Gasteiger partial charge in [-0.05, 0) is 25.1 Å². The van der Waals surface area contributed by atoms with E-state index < -0.39 is 0 Å². The van der Waals surface area contributed by atoms with E-state index in [-0.39, 0.29) is 12.1 Å². The number of methoxy groups -OCH3 is 1. The molecule has 3 nitrogen and oxygen atoms in total. The van der Waals surface area contributed by atoms with Gasteiger partial charge in [-0.15, -0.1) is 0 Å². The van der Waals surface area contributed by atoms with Crippen molar-refractivity contribution in [2.45, 2.75) is 19.0 Å². The van der Waals surface area contributed by atoms with Crippen molar-refractivity contribution in [3.05, 3.63) is 28.2 Å². The molecule has 0 aromatic heterocycles. The summed E-state index contributed by atoms with van der Waals surface area (Å²) in [4.78, 5) is 0. The molecule has 0 aliphatic carbocycles. The highest BCUT2D eigenvalue weighted by atomic mass is 79.9. The fourth-order valence-electron chi connectivity index (χ4n) is 1.25. The number of nitrogens with two attached hydrogens (primary N) is 2. The first-order valence-corrected chi connectivity index (χ1v) is 5.20. The maximum Gasteiger partial charge on any atom is 0.123 e. The van der Waals surface area contributed by atoms with Gasteiger partial charge in [0.05, 0.1) is 7.11 Å². The Morgan fingerprint density at radius 1 is 1.36 bits per heavy atom. The summed E-state index contributed by atoms with van der Waals surface area (Å²) in [5, 5.41) is 0. The minimum absolute atomic E-state index is 0.0989. The summed E-state index contributed by atoms with van der Waals surface area (Å²) in [6.07, 6.45) is 0. The SMILES string of the molecule is COc1ccc(Br)cc1C(N)C(C)N. The largest absolute Gasteiger partial charge is 0.496 e. The van der Waals surface area contributed by atoms with Gasteiger partial charge in [0.2, 0.25) is 0 Å². The van der Waals surface area contributed by atoms with E-state index in [1.807, 2.05) is 25.1 Å². The number of halogens is 1. The highest BCUT2D eigenvalue weighted by Gasteiger charge is 2.15. The van der Waals surface area contributed by atoms with Crippen LogP contribution in [-0.2, 0) is 0 Å². The van der Waals surface area contributed by atoms with E-state index in [0.29, 0.717) is 0 Å². The van der Waals surface area contributed by atoms with Crippen LogP contribution in [-0.4, -0.2) is 13.2 Å². The number of rotatable bonds is 3. The predicted octanol–water partition coefficient (Wildman–Crippen LogP) is 1.80. The van der Waals surface area contributed by atoms with Crippen LogP contribution in [0.5, 0.6) is 5.75 Å². The molecule has 4 N–H and O–H groups in total. The van der Waals surface area contributed by atoms with Gasteiger partial charge in [0, 0.05) is 22.1 Å². The van der Waals surface area contributed by atoms with Crippen LogP contribution in [0.25, 0.3) is 0 Å². The maximum atomic E-state index is 5.96. The molecule has 2 unspecified atom stereocenters. The lowest BCUT2D eigenvalue weighted by atomic mass is 10.0. The number of hydrogen-bond donors (Lipinski definition) is 2. The van der Waals surface area contributed by atoms with Gasteiger partial charge in [0.1, 0.15) is 5.75 Å². The summed E-state index contributed by atoms with van der Waals surface area (Å²) in [5.74, 6) is 0.776. The van der Waals surface area contributed by atoms with Crippen LogP contribution >= 0.6 is 15.9 Å². The van der Waals surface area contributed by atoms with Crippen LogP contribution in [0.2, 0.25) is 0 Å². The number of ether oxygens (including phenoxy) is 1. The minimum atomic E-state index is -0.206. The summed E-state index contributed by atoms with van der Waals surface area (Å²) >= 11 is 3.39. The Balaban J connectivity index is 3.10. The Morgan fingerprint density at radius 2 is 2.00 bits per heavy atom. The molecule has 1 rings (SSSR count). The zero-order valence-electron chi connectivity index (χ0n) is 8.33. The van der Waals surface area contributed by atoms with E-state index in [0.717, 1.165) is 15.8 Å². The molecule has 0 radical (unpaired) electrons. The normalized spacial score (nSPS) is 14.9. The van der Waals surface area contributed by atoms with Crippen LogP contribution in [0.1, 0.15) is 18.5 Å². The molecule has 0 amide bonds. The van der Waals surface area contributed by atoms with E-state index in [4.69, 9.17) is 16.2 Å². The summed E-state index contributed by atoms with van der Waals surface area (Å²) in [7, 11) is 1.63. The monoisotopic (exact) mass is 258 g/mol. The predicted molar refractivity (Wildman–Crippen MR) is 61.3 cm³/mol. The van der Waals surface area contributed by atoms with E-state index in [1.54, 1.807) is 7.11 Å². The van der Waals surface area contributed by atoms with Gasteiger partial charge in [-0.3, -0.25) is 0 Å². The second-order valence-corrected chi connectivity index (χ2v) is 4.19. The van der Waals surface area contributed by atoms with Crippen molar-refractivity contribution in [3.63, 3.8) is 0 Å². The number of hydrogen-bond acceptors (Lipinski definition) is 3. The molecule has 0 spiro atoms. The topological polar surface area (TPSA) is 61.3 Å². The molecule has 0 heterocycles. The van der Waals surface area contributed by atoms with Gasteiger partial charge in [-0.25, -0.2) is 0 Å². The van der Waals surface area contributed by atoms with E-state index in [9.17, 15) is 0 Å². The van der Waals surface area contributed by atoms with Gasteiger partial charge in [-0.1, -0.05) is 15.9 Å². The molecule has 14 heavy (non-hydrogen) atoms. The summed E-state index contributed by atoms with van der Waals surface area (Å²) in [6.45, 7) is 1.88. The van der Waals surface area contributed by atoms with Gasteiger partial charge in [0.25, 0.3) is 0 Å². The quantitative estimate of drug-likeness (QED) is 0.870. The molecule has 1 aromatic carbocycles. The molecular formula is C10H15BrN2O. The summed E-state index contributed by atoms with van der Waals surface area (Å²) in [6, 6.07) is 5.42. The molecule has 78 valence electrons. The van der Waals surface area contributed by atoms with Crippen LogP contribution in [0, 0.1) is 0 Å². The Hall–Kier alpha value is -0.580. The average Bonchev–Trinajstić information content (AvgIpc) is 2.16. The van der Waals surface area contributed by atoms with E-state index >= 15 is 0 Å². The maximum absolute atomic E-state index is 5.96. The highest BCUT2D eigenvalue weighted by Crippen LogP contribution is 2.28. The van der Waals surface area contributed by atoms with E-state index in [2.05, 4.69) is 15.9 Å². The third kappa shape index (κ3) is 2.47. The lowest BCUT2D eigenvalue weighted by Crippen LogP contribution is -2.31. The molecule has 2 atom stereocenters. The van der Waals surface area contributed by atoms with E-state index in [1.165, 1.54) is 0 Å². The number of benzene rings is 1. The standard InChI is InChI=1S/C10H15BrN2O/c1-6(12)10(13)8-5-7(11)3-4-9(8)14-2/h3-6,10H,12-13H2,1-2H3. The van der Waals surface area contributed by atoms with Gasteiger partial charge < -0.3 is 16.2 Å². The Labute approximate surface area is 92.6 Å². The first-order valence-electron chi connectivity index (χ1n) is 4.41. The summed E-state index contributed by atoms with van der Waals surface area (Å²) in [5.41, 5.74) is 12.6. The Morgan fingerprint density at radius 3 is 2.50 bits per heavy atom. The van der Waals surface area contributed by atoms with Crippen molar-refractivity contribution in [1.82, 2.24) is 0 Å². The van der Waals surface area contributed by atoms with Crippen LogP contribution in [0.15, 0.2) is 22.7 Å². The lowest BCUT2D eigenvalue weighted by molar-refractivity contribution is 0.402. The Kier molecular flexibility index (Phi) is 3.92. The molecule has 0 aliphatic rings. The molecule has 1 aromatic rings. The zero-order valence-corrected chi connectivity index (χ0v) is 9.91. The van der Waals surface area contributed by atoms with Crippen molar-refractivity contribution in [3.8, 4) is 5.75 Å². The van der Waals surface area contributed by atoms with Gasteiger partial charge in [-0.2, -0.15) is 0 Å². The van der Waals surface area contributed by atoms with Crippen LogP contribution in [0.4, 0.5) is 0 Å². The summed E-state index contributed by atoms with van der Waals surface area (Å²) < 4.78 is 6.19.